The van der Waals surface area contributed by atoms with Gasteiger partial charge in [0.25, 0.3) is 0 Å². The largest absolute Gasteiger partial charge is 0.298 e. The third kappa shape index (κ3) is 5.34. The SMILES string of the molecule is CC(C)C1=C2C#Cc3c(N(c4ccccc4)c4ncnc5ccccc45)cc(C(C)C)c4c3C2C(C=C4)C(N(c2ccccc2)c2ncnc3ccccc23)=C1. The van der Waals surface area contributed by atoms with Gasteiger partial charge in [-0.15, -0.1) is 0 Å². The van der Waals surface area contributed by atoms with E-state index in [9.17, 15) is 0 Å². The molecule has 0 fully saturated rings. The van der Waals surface area contributed by atoms with Crippen molar-refractivity contribution >= 4 is 56.6 Å². The van der Waals surface area contributed by atoms with Crippen molar-refractivity contribution in [2.24, 2.45) is 11.8 Å². The third-order valence-corrected chi connectivity index (χ3v) is 11.4. The van der Waals surface area contributed by atoms with Gasteiger partial charge in [-0.25, -0.2) is 19.9 Å². The average molecular weight is 725 g/mol. The molecule has 2 atom stereocenters. The quantitative estimate of drug-likeness (QED) is 0.145. The highest BCUT2D eigenvalue weighted by Crippen LogP contribution is 2.56. The summed E-state index contributed by atoms with van der Waals surface area (Å²) in [5, 5.41) is 1.99. The molecule has 0 radical (unpaired) electrons. The van der Waals surface area contributed by atoms with Gasteiger partial charge < -0.3 is 0 Å². The second-order valence-corrected chi connectivity index (χ2v) is 15.3. The number of benzene rings is 5. The Labute approximate surface area is 327 Å². The Bertz CT molecular complexity index is 2830. The Kier molecular flexibility index (Phi) is 8.11. The van der Waals surface area contributed by atoms with E-state index in [1.807, 2.05) is 12.1 Å². The fraction of sp³-hybridized carbons (Fsp3) is 0.160. The summed E-state index contributed by atoms with van der Waals surface area (Å²) in [5.41, 5.74) is 13.5. The van der Waals surface area contributed by atoms with Crippen LogP contribution in [0.15, 0.2) is 157 Å². The van der Waals surface area contributed by atoms with Gasteiger partial charge in [0.15, 0.2) is 0 Å². The minimum Gasteiger partial charge on any atom is -0.298 e. The molecule has 2 aromatic heterocycles. The predicted octanol–water partition coefficient (Wildman–Crippen LogP) is 11.9. The van der Waals surface area contributed by atoms with Crippen molar-refractivity contribution in [3.05, 3.63) is 179 Å². The molecule has 7 aromatic rings. The van der Waals surface area contributed by atoms with Crippen LogP contribution in [0.1, 0.15) is 61.8 Å². The number of rotatable bonds is 8. The highest BCUT2D eigenvalue weighted by atomic mass is 15.2. The number of anilines is 5. The zero-order chi connectivity index (χ0) is 37.9. The molecule has 10 rings (SSSR count). The molecule has 0 bridgehead atoms. The first kappa shape index (κ1) is 33.7. The third-order valence-electron chi connectivity index (χ3n) is 11.4. The normalized spacial score (nSPS) is 16.5. The lowest BCUT2D eigenvalue weighted by Gasteiger charge is -2.44. The van der Waals surface area contributed by atoms with Gasteiger partial charge in [-0.3, -0.25) is 9.80 Å². The minimum atomic E-state index is -0.0115. The van der Waals surface area contributed by atoms with Crippen molar-refractivity contribution in [1.82, 2.24) is 19.9 Å². The van der Waals surface area contributed by atoms with Crippen molar-refractivity contribution in [3.8, 4) is 11.8 Å². The zero-order valence-corrected chi connectivity index (χ0v) is 31.8. The van der Waals surface area contributed by atoms with Gasteiger partial charge >= 0.3 is 0 Å². The molecule has 2 unspecified atom stereocenters. The number of hydrogen-bond acceptors (Lipinski definition) is 6. The Morgan fingerprint density at radius 1 is 0.607 bits per heavy atom. The molecule has 0 aliphatic heterocycles. The van der Waals surface area contributed by atoms with E-state index in [4.69, 9.17) is 9.97 Å². The van der Waals surface area contributed by atoms with Crippen molar-refractivity contribution in [2.75, 3.05) is 9.80 Å². The highest BCUT2D eigenvalue weighted by Gasteiger charge is 2.43. The number of allylic oxidation sites excluding steroid dienone is 4. The molecule has 0 spiro atoms. The van der Waals surface area contributed by atoms with Gasteiger partial charge in [-0.2, -0.15) is 0 Å². The highest BCUT2D eigenvalue weighted by molar-refractivity contribution is 5.97. The first-order chi connectivity index (χ1) is 27.5. The summed E-state index contributed by atoms with van der Waals surface area (Å²) in [6.07, 6.45) is 10.6. The van der Waals surface area contributed by atoms with E-state index >= 15 is 0 Å². The van der Waals surface area contributed by atoms with Crippen LogP contribution in [-0.2, 0) is 0 Å². The summed E-state index contributed by atoms with van der Waals surface area (Å²) >= 11 is 0. The van der Waals surface area contributed by atoms with Crippen molar-refractivity contribution in [3.63, 3.8) is 0 Å². The van der Waals surface area contributed by atoms with Gasteiger partial charge in [0, 0.05) is 45.3 Å². The number of nitrogens with zero attached hydrogens (tertiary/aromatic N) is 6. The topological polar surface area (TPSA) is 58.0 Å². The molecule has 270 valence electrons. The van der Waals surface area contributed by atoms with E-state index < -0.39 is 0 Å². The van der Waals surface area contributed by atoms with Gasteiger partial charge in [0.05, 0.1) is 22.3 Å². The van der Waals surface area contributed by atoms with Crippen LogP contribution in [0.4, 0.5) is 28.7 Å². The molecule has 2 heterocycles. The fourth-order valence-electron chi connectivity index (χ4n) is 8.85. The lowest BCUT2D eigenvalue weighted by Crippen LogP contribution is -2.34. The maximum absolute atomic E-state index is 5.01. The summed E-state index contributed by atoms with van der Waals surface area (Å²) in [6.45, 7) is 9.16. The van der Waals surface area contributed by atoms with Crippen LogP contribution >= 0.6 is 0 Å². The zero-order valence-electron chi connectivity index (χ0n) is 31.8. The Morgan fingerprint density at radius 3 is 1.79 bits per heavy atom. The van der Waals surface area contributed by atoms with Gasteiger partial charge in [-0.1, -0.05) is 112 Å². The summed E-state index contributed by atoms with van der Waals surface area (Å²) in [4.78, 5) is 24.0. The van der Waals surface area contributed by atoms with Crippen molar-refractivity contribution in [1.29, 1.82) is 0 Å². The molecular formula is C50H40N6. The molecule has 0 saturated heterocycles. The van der Waals surface area contributed by atoms with E-state index in [1.165, 1.54) is 33.5 Å². The van der Waals surface area contributed by atoms with E-state index in [1.54, 1.807) is 12.7 Å². The van der Waals surface area contributed by atoms with E-state index in [2.05, 4.69) is 181 Å². The van der Waals surface area contributed by atoms with Crippen LogP contribution in [0.25, 0.3) is 27.9 Å². The van der Waals surface area contributed by atoms with Crippen LogP contribution in [0.5, 0.6) is 0 Å². The van der Waals surface area contributed by atoms with E-state index in [0.29, 0.717) is 0 Å². The number of fused-ring (bicyclic) bond motifs is 2. The summed E-state index contributed by atoms with van der Waals surface area (Å²) in [5.74, 6) is 9.77. The monoisotopic (exact) mass is 724 g/mol. The molecule has 5 aromatic carbocycles. The summed E-state index contributed by atoms with van der Waals surface area (Å²) < 4.78 is 0. The molecule has 0 saturated carbocycles. The second kappa shape index (κ2) is 13.5. The maximum atomic E-state index is 5.01. The van der Waals surface area contributed by atoms with Gasteiger partial charge in [0.2, 0.25) is 0 Å². The van der Waals surface area contributed by atoms with Crippen LogP contribution in [0.3, 0.4) is 0 Å². The van der Waals surface area contributed by atoms with Crippen LogP contribution in [-0.4, -0.2) is 19.9 Å². The molecule has 6 heteroatoms. The second-order valence-electron chi connectivity index (χ2n) is 15.3. The Hall–Kier alpha value is -6.84. The first-order valence-electron chi connectivity index (χ1n) is 19.4. The van der Waals surface area contributed by atoms with Crippen molar-refractivity contribution < 1.29 is 0 Å². The van der Waals surface area contributed by atoms with Gasteiger partial charge in [0.1, 0.15) is 24.3 Å². The van der Waals surface area contributed by atoms with Crippen LogP contribution in [0, 0.1) is 23.7 Å². The molecule has 0 amide bonds. The lowest BCUT2D eigenvalue weighted by atomic mass is 9.64. The standard InChI is InChI=1S/C50H40N6/c1-31(2)41-27-45(55(33-15-7-5-8-16-33)49-37-19-11-13-21-43(37)51-29-53-49)39-26-24-36-42(32(3)4)28-46(40-25-23-35(41)47(39)48(36)40)56(34-17-9-6-10-18-34)50-38-20-12-14-22-44(38)52-30-54-50/h5-23,25,27-32,40,48H,1-4H3. The number of para-hydroxylation sites is 4. The summed E-state index contributed by atoms with van der Waals surface area (Å²) in [6, 6.07) is 40.1. The molecular weight excluding hydrogens is 685 g/mol. The van der Waals surface area contributed by atoms with Crippen molar-refractivity contribution in [2.45, 2.75) is 39.5 Å². The fourth-order valence-corrected chi connectivity index (χ4v) is 8.85. The minimum absolute atomic E-state index is 0.000167. The lowest BCUT2D eigenvalue weighted by molar-refractivity contribution is 0.596. The molecule has 6 nitrogen and oxygen atoms in total. The Morgan fingerprint density at radius 2 is 1.18 bits per heavy atom. The Balaban J connectivity index is 1.25. The smallest absolute Gasteiger partial charge is 0.148 e. The number of aromatic nitrogens is 4. The molecule has 56 heavy (non-hydrogen) atoms. The van der Waals surface area contributed by atoms with Gasteiger partial charge in [-0.05, 0) is 94.8 Å². The maximum Gasteiger partial charge on any atom is 0.148 e. The first-order valence-corrected chi connectivity index (χ1v) is 19.4. The molecule has 3 aliphatic rings. The average Bonchev–Trinajstić information content (AvgIpc) is 3.24. The molecule has 0 N–H and O–H groups in total. The predicted molar refractivity (Wildman–Crippen MR) is 229 cm³/mol. The van der Waals surface area contributed by atoms with E-state index in [-0.39, 0.29) is 23.7 Å². The van der Waals surface area contributed by atoms with Crippen LogP contribution < -0.4 is 9.80 Å². The molecule has 3 aliphatic carbocycles. The van der Waals surface area contributed by atoms with E-state index in [0.717, 1.165) is 56.1 Å². The summed E-state index contributed by atoms with van der Waals surface area (Å²) in [7, 11) is 0. The number of hydrogen-bond donors (Lipinski definition) is 0. The van der Waals surface area contributed by atoms with Crippen LogP contribution in [0.2, 0.25) is 0 Å².